The molecular formula is C21H25FN2O6S. The molecule has 2 aromatic rings. The first-order chi connectivity index (χ1) is 14.9. The van der Waals surface area contributed by atoms with Crippen molar-refractivity contribution in [3.63, 3.8) is 0 Å². The average molecular weight is 453 g/mol. The third kappa shape index (κ3) is 5.33. The van der Waals surface area contributed by atoms with Crippen LogP contribution < -0.4 is 14.8 Å². The van der Waals surface area contributed by atoms with Crippen LogP contribution in [0.1, 0.15) is 22.8 Å². The summed E-state index contributed by atoms with van der Waals surface area (Å²) in [5, 5.41) is 2.61. The number of morpholine rings is 1. The number of nitrogens with one attached hydrogen (secondary N) is 1. The highest BCUT2D eigenvalue weighted by Gasteiger charge is 2.27. The molecule has 1 amide bonds. The van der Waals surface area contributed by atoms with Crippen LogP contribution in [0.4, 0.5) is 4.39 Å². The Bertz CT molecular complexity index is 1040. The highest BCUT2D eigenvalue weighted by molar-refractivity contribution is 7.89. The highest BCUT2D eigenvalue weighted by Crippen LogP contribution is 2.28. The lowest BCUT2D eigenvalue weighted by Crippen LogP contribution is -2.40. The fraction of sp³-hybridized carbons (Fsp3) is 0.381. The zero-order valence-electron chi connectivity index (χ0n) is 17.4. The van der Waals surface area contributed by atoms with E-state index in [-0.39, 0.29) is 30.1 Å². The summed E-state index contributed by atoms with van der Waals surface area (Å²) in [7, 11) is -2.34. The fourth-order valence-electron chi connectivity index (χ4n) is 3.15. The number of sulfonamides is 1. The van der Waals surface area contributed by atoms with Crippen molar-refractivity contribution in [2.45, 2.75) is 18.4 Å². The van der Waals surface area contributed by atoms with Gasteiger partial charge in [0.15, 0.2) is 11.5 Å². The van der Waals surface area contributed by atoms with Crippen LogP contribution in [0.5, 0.6) is 11.5 Å². The van der Waals surface area contributed by atoms with Gasteiger partial charge in [-0.25, -0.2) is 12.8 Å². The van der Waals surface area contributed by atoms with Crippen molar-refractivity contribution in [1.29, 1.82) is 0 Å². The van der Waals surface area contributed by atoms with Crippen molar-refractivity contribution in [3.05, 3.63) is 53.3 Å². The molecule has 2 aromatic carbocycles. The minimum Gasteiger partial charge on any atom is -0.493 e. The Kier molecular flexibility index (Phi) is 7.47. The molecule has 0 bridgehead atoms. The molecule has 168 valence electrons. The molecule has 31 heavy (non-hydrogen) atoms. The zero-order valence-corrected chi connectivity index (χ0v) is 18.2. The number of halogens is 1. The first-order valence-electron chi connectivity index (χ1n) is 9.82. The summed E-state index contributed by atoms with van der Waals surface area (Å²) in [6, 6.07) is 8.40. The summed E-state index contributed by atoms with van der Waals surface area (Å²) in [5.41, 5.74) is 0.374. The van der Waals surface area contributed by atoms with Crippen LogP contribution in [-0.4, -0.2) is 58.7 Å². The first-order valence-corrected chi connectivity index (χ1v) is 11.3. The van der Waals surface area contributed by atoms with E-state index in [0.717, 1.165) is 18.2 Å². The molecule has 0 saturated carbocycles. The molecular weight excluding hydrogens is 427 g/mol. The molecule has 1 heterocycles. The van der Waals surface area contributed by atoms with Gasteiger partial charge in [0.05, 0.1) is 37.4 Å². The monoisotopic (exact) mass is 452 g/mol. The number of rotatable bonds is 8. The lowest BCUT2D eigenvalue weighted by Gasteiger charge is -2.26. The predicted octanol–water partition coefficient (Wildman–Crippen LogP) is 2.18. The molecule has 1 aliphatic rings. The van der Waals surface area contributed by atoms with Gasteiger partial charge in [-0.15, -0.1) is 0 Å². The van der Waals surface area contributed by atoms with Crippen molar-refractivity contribution in [1.82, 2.24) is 9.62 Å². The van der Waals surface area contributed by atoms with Gasteiger partial charge in [0.2, 0.25) is 10.0 Å². The molecule has 3 rings (SSSR count). The molecule has 1 N–H and O–H groups in total. The van der Waals surface area contributed by atoms with E-state index >= 15 is 0 Å². The lowest BCUT2D eigenvalue weighted by atomic mass is 10.1. The van der Waals surface area contributed by atoms with Crippen LogP contribution in [0.25, 0.3) is 0 Å². The second kappa shape index (κ2) is 10.1. The van der Waals surface area contributed by atoms with E-state index in [1.807, 2.05) is 6.92 Å². The maximum Gasteiger partial charge on any atom is 0.254 e. The largest absolute Gasteiger partial charge is 0.493 e. The Morgan fingerprint density at radius 2 is 1.90 bits per heavy atom. The van der Waals surface area contributed by atoms with Crippen LogP contribution in [0, 0.1) is 5.82 Å². The minimum absolute atomic E-state index is 0.0987. The smallest absolute Gasteiger partial charge is 0.254 e. The van der Waals surface area contributed by atoms with Crippen LogP contribution >= 0.6 is 0 Å². The number of hydrogen-bond donors (Lipinski definition) is 1. The van der Waals surface area contributed by atoms with Gasteiger partial charge in [-0.3, -0.25) is 4.79 Å². The zero-order chi connectivity index (χ0) is 22.4. The maximum atomic E-state index is 14.3. The number of ether oxygens (including phenoxy) is 3. The number of methoxy groups -OCH3 is 1. The van der Waals surface area contributed by atoms with Crippen molar-refractivity contribution in [3.8, 4) is 11.5 Å². The van der Waals surface area contributed by atoms with Crippen LogP contribution in [0.15, 0.2) is 41.3 Å². The number of hydrogen-bond acceptors (Lipinski definition) is 6. The fourth-order valence-corrected chi connectivity index (χ4v) is 4.58. The normalized spacial score (nSPS) is 14.8. The van der Waals surface area contributed by atoms with Crippen LogP contribution in [0.3, 0.4) is 0 Å². The van der Waals surface area contributed by atoms with E-state index in [1.165, 1.54) is 11.4 Å². The molecule has 0 spiro atoms. The van der Waals surface area contributed by atoms with Crippen molar-refractivity contribution in [2.75, 3.05) is 40.0 Å². The Hall–Kier alpha value is -2.69. The molecule has 0 unspecified atom stereocenters. The maximum absolute atomic E-state index is 14.3. The van der Waals surface area contributed by atoms with Gasteiger partial charge >= 0.3 is 0 Å². The van der Waals surface area contributed by atoms with Crippen molar-refractivity contribution < 1.29 is 31.8 Å². The summed E-state index contributed by atoms with van der Waals surface area (Å²) in [6.45, 7) is 3.44. The van der Waals surface area contributed by atoms with Gasteiger partial charge in [0.1, 0.15) is 5.82 Å². The van der Waals surface area contributed by atoms with Crippen LogP contribution in [0.2, 0.25) is 0 Å². The third-order valence-electron chi connectivity index (χ3n) is 4.77. The van der Waals surface area contributed by atoms with E-state index < -0.39 is 21.7 Å². The molecule has 1 fully saturated rings. The van der Waals surface area contributed by atoms with Gasteiger partial charge in [0.25, 0.3) is 5.91 Å². The Balaban J connectivity index is 1.75. The molecule has 10 heteroatoms. The third-order valence-corrected chi connectivity index (χ3v) is 6.67. The number of carbonyl (C=O) groups excluding carboxylic acids is 1. The van der Waals surface area contributed by atoms with Gasteiger partial charge in [-0.1, -0.05) is 6.07 Å². The topological polar surface area (TPSA) is 94.2 Å². The van der Waals surface area contributed by atoms with E-state index in [0.29, 0.717) is 36.9 Å². The second-order valence-corrected chi connectivity index (χ2v) is 8.70. The van der Waals surface area contributed by atoms with Gasteiger partial charge < -0.3 is 19.5 Å². The standard InChI is InChI=1S/C21H25FN2O6S/c1-3-30-19-7-4-15(12-20(19)28-2)14-23-21(25)17-13-16(5-6-18(17)22)31(26,27)24-8-10-29-11-9-24/h4-7,12-13H,3,8-11,14H2,1-2H3,(H,23,25). The van der Waals surface area contributed by atoms with Gasteiger partial charge in [-0.2, -0.15) is 4.31 Å². The first kappa shape index (κ1) is 23.0. The van der Waals surface area contributed by atoms with Crippen molar-refractivity contribution in [2.24, 2.45) is 0 Å². The highest BCUT2D eigenvalue weighted by atomic mass is 32.2. The molecule has 0 atom stereocenters. The van der Waals surface area contributed by atoms with E-state index in [9.17, 15) is 17.6 Å². The quantitative estimate of drug-likeness (QED) is 0.660. The summed E-state index contributed by atoms with van der Waals surface area (Å²) in [4.78, 5) is 12.4. The Labute approximate surface area is 181 Å². The Morgan fingerprint density at radius 3 is 2.58 bits per heavy atom. The summed E-state index contributed by atoms with van der Waals surface area (Å²) in [5.74, 6) is -0.433. The molecule has 8 nitrogen and oxygen atoms in total. The average Bonchev–Trinajstić information content (AvgIpc) is 2.79. The second-order valence-electron chi connectivity index (χ2n) is 6.76. The van der Waals surface area contributed by atoms with E-state index in [2.05, 4.69) is 5.32 Å². The molecule has 0 aromatic heterocycles. The SMILES string of the molecule is CCOc1ccc(CNC(=O)c2cc(S(=O)(=O)N3CCOCC3)ccc2F)cc1OC. The molecule has 0 radical (unpaired) electrons. The predicted molar refractivity (Wildman–Crippen MR) is 111 cm³/mol. The number of benzene rings is 2. The molecule has 1 aliphatic heterocycles. The van der Waals surface area contributed by atoms with Gasteiger partial charge in [0, 0.05) is 19.6 Å². The van der Waals surface area contributed by atoms with E-state index in [4.69, 9.17) is 14.2 Å². The molecule has 0 aliphatic carbocycles. The Morgan fingerprint density at radius 1 is 1.16 bits per heavy atom. The summed E-state index contributed by atoms with van der Waals surface area (Å²) in [6.07, 6.45) is 0. The number of carbonyl (C=O) groups is 1. The van der Waals surface area contributed by atoms with Gasteiger partial charge in [-0.05, 0) is 42.8 Å². The number of nitrogens with zero attached hydrogens (tertiary/aromatic N) is 1. The number of amides is 1. The summed E-state index contributed by atoms with van der Waals surface area (Å²) >= 11 is 0. The minimum atomic E-state index is -3.84. The van der Waals surface area contributed by atoms with Crippen molar-refractivity contribution >= 4 is 15.9 Å². The van der Waals surface area contributed by atoms with E-state index in [1.54, 1.807) is 18.2 Å². The molecule has 1 saturated heterocycles. The van der Waals surface area contributed by atoms with Crippen LogP contribution in [-0.2, 0) is 21.3 Å². The lowest BCUT2D eigenvalue weighted by molar-refractivity contribution is 0.0730. The summed E-state index contributed by atoms with van der Waals surface area (Å²) < 4.78 is 57.1.